The van der Waals surface area contributed by atoms with Gasteiger partial charge in [0.1, 0.15) is 5.75 Å². The van der Waals surface area contributed by atoms with Crippen molar-refractivity contribution in [3.8, 4) is 5.75 Å². The Morgan fingerprint density at radius 2 is 2.29 bits per heavy atom. The van der Waals surface area contributed by atoms with Gasteiger partial charge in [-0.25, -0.2) is 0 Å². The molecule has 1 amide bonds. The first kappa shape index (κ1) is 13.5. The van der Waals surface area contributed by atoms with Gasteiger partial charge in [0.15, 0.2) is 0 Å². The SMILES string of the molecule is CCOc1cccc(C(=O)NCCC(C)O)c1. The Balaban J connectivity index is 2.53. The number of carbonyl (C=O) groups is 1. The summed E-state index contributed by atoms with van der Waals surface area (Å²) in [5.41, 5.74) is 0.571. The van der Waals surface area contributed by atoms with Crippen LogP contribution >= 0.6 is 0 Å². The number of amides is 1. The highest BCUT2D eigenvalue weighted by molar-refractivity contribution is 5.94. The first-order chi connectivity index (χ1) is 8.13. The van der Waals surface area contributed by atoms with Gasteiger partial charge in [0, 0.05) is 12.1 Å². The Morgan fingerprint density at radius 1 is 1.53 bits per heavy atom. The van der Waals surface area contributed by atoms with Gasteiger partial charge >= 0.3 is 0 Å². The fraction of sp³-hybridized carbons (Fsp3) is 0.462. The van der Waals surface area contributed by atoms with Gasteiger partial charge in [0.05, 0.1) is 12.7 Å². The zero-order valence-electron chi connectivity index (χ0n) is 10.3. The predicted molar refractivity (Wildman–Crippen MR) is 66.2 cm³/mol. The second-order valence-corrected chi connectivity index (χ2v) is 3.85. The van der Waals surface area contributed by atoms with E-state index in [4.69, 9.17) is 9.84 Å². The van der Waals surface area contributed by atoms with Gasteiger partial charge in [-0.2, -0.15) is 0 Å². The van der Waals surface area contributed by atoms with Crippen LogP contribution in [0.1, 0.15) is 30.6 Å². The lowest BCUT2D eigenvalue weighted by molar-refractivity contribution is 0.0945. The normalized spacial score (nSPS) is 11.9. The number of aliphatic hydroxyl groups is 1. The smallest absolute Gasteiger partial charge is 0.251 e. The number of carbonyl (C=O) groups excluding carboxylic acids is 1. The number of aliphatic hydroxyl groups excluding tert-OH is 1. The van der Waals surface area contributed by atoms with Crippen LogP contribution < -0.4 is 10.1 Å². The maximum atomic E-state index is 11.7. The third-order valence-electron chi connectivity index (χ3n) is 2.25. The maximum Gasteiger partial charge on any atom is 0.251 e. The summed E-state index contributed by atoms with van der Waals surface area (Å²) in [7, 11) is 0. The molecular weight excluding hydrogens is 218 g/mol. The Hall–Kier alpha value is -1.55. The number of hydrogen-bond donors (Lipinski definition) is 2. The van der Waals surface area contributed by atoms with Crippen molar-refractivity contribution in [1.82, 2.24) is 5.32 Å². The summed E-state index contributed by atoms with van der Waals surface area (Å²) in [5.74, 6) is 0.544. The zero-order valence-corrected chi connectivity index (χ0v) is 10.3. The van der Waals surface area contributed by atoms with Crippen molar-refractivity contribution in [2.24, 2.45) is 0 Å². The van der Waals surface area contributed by atoms with Crippen LogP contribution in [-0.2, 0) is 0 Å². The lowest BCUT2D eigenvalue weighted by atomic mass is 10.2. The molecule has 0 radical (unpaired) electrons. The van der Waals surface area contributed by atoms with E-state index in [1.807, 2.05) is 13.0 Å². The standard InChI is InChI=1S/C13H19NO3/c1-3-17-12-6-4-5-11(9-12)13(16)14-8-7-10(2)15/h4-6,9-10,15H,3,7-8H2,1-2H3,(H,14,16). The lowest BCUT2D eigenvalue weighted by Gasteiger charge is -2.08. The number of hydrogen-bond acceptors (Lipinski definition) is 3. The molecule has 0 aliphatic rings. The van der Waals surface area contributed by atoms with Crippen LogP contribution in [0.3, 0.4) is 0 Å². The molecule has 0 bridgehead atoms. The highest BCUT2D eigenvalue weighted by Gasteiger charge is 2.06. The van der Waals surface area contributed by atoms with Crippen LogP contribution in [-0.4, -0.2) is 30.3 Å². The molecule has 1 aromatic rings. The summed E-state index contributed by atoms with van der Waals surface area (Å²) in [6.45, 7) is 4.64. The summed E-state index contributed by atoms with van der Waals surface area (Å²) < 4.78 is 5.32. The Bertz CT molecular complexity index is 363. The maximum absolute atomic E-state index is 11.7. The minimum Gasteiger partial charge on any atom is -0.494 e. The molecule has 0 aliphatic heterocycles. The third-order valence-corrected chi connectivity index (χ3v) is 2.25. The zero-order chi connectivity index (χ0) is 12.7. The van der Waals surface area contributed by atoms with Gasteiger partial charge in [0.2, 0.25) is 0 Å². The highest BCUT2D eigenvalue weighted by Crippen LogP contribution is 2.13. The molecule has 1 atom stereocenters. The van der Waals surface area contributed by atoms with Crippen LogP contribution in [0.25, 0.3) is 0 Å². The predicted octanol–water partition coefficient (Wildman–Crippen LogP) is 1.59. The van der Waals surface area contributed by atoms with Gasteiger partial charge < -0.3 is 15.2 Å². The number of nitrogens with one attached hydrogen (secondary N) is 1. The molecule has 94 valence electrons. The van der Waals surface area contributed by atoms with Gasteiger partial charge in [-0.05, 0) is 38.5 Å². The molecule has 4 nitrogen and oxygen atoms in total. The molecule has 0 spiro atoms. The first-order valence-electron chi connectivity index (χ1n) is 5.82. The molecule has 0 aliphatic carbocycles. The van der Waals surface area contributed by atoms with Gasteiger partial charge in [-0.1, -0.05) is 6.07 Å². The van der Waals surface area contributed by atoms with E-state index in [9.17, 15) is 4.79 Å². The van der Waals surface area contributed by atoms with Gasteiger partial charge in [-0.3, -0.25) is 4.79 Å². The average molecular weight is 237 g/mol. The molecule has 0 saturated heterocycles. The van der Waals surface area contributed by atoms with E-state index in [0.29, 0.717) is 30.9 Å². The molecular formula is C13H19NO3. The number of benzene rings is 1. The van der Waals surface area contributed by atoms with Crippen molar-refractivity contribution in [2.75, 3.05) is 13.2 Å². The van der Waals surface area contributed by atoms with Crippen molar-refractivity contribution in [3.05, 3.63) is 29.8 Å². The molecule has 1 unspecified atom stereocenters. The van der Waals surface area contributed by atoms with Crippen molar-refractivity contribution in [2.45, 2.75) is 26.4 Å². The molecule has 4 heteroatoms. The number of ether oxygens (including phenoxy) is 1. The number of rotatable bonds is 6. The van der Waals surface area contributed by atoms with Crippen molar-refractivity contribution < 1.29 is 14.6 Å². The average Bonchev–Trinajstić information content (AvgIpc) is 2.29. The van der Waals surface area contributed by atoms with Crippen molar-refractivity contribution in [3.63, 3.8) is 0 Å². The monoisotopic (exact) mass is 237 g/mol. The molecule has 0 heterocycles. The van der Waals surface area contributed by atoms with Gasteiger partial charge in [-0.15, -0.1) is 0 Å². The summed E-state index contributed by atoms with van der Waals surface area (Å²) in [5, 5.41) is 11.8. The van der Waals surface area contributed by atoms with Crippen molar-refractivity contribution >= 4 is 5.91 Å². The van der Waals surface area contributed by atoms with Crippen LogP contribution in [0, 0.1) is 0 Å². The molecule has 2 N–H and O–H groups in total. The van der Waals surface area contributed by atoms with E-state index < -0.39 is 6.10 Å². The van der Waals surface area contributed by atoms with E-state index in [2.05, 4.69) is 5.32 Å². The van der Waals surface area contributed by atoms with Crippen LogP contribution in [0.4, 0.5) is 0 Å². The second-order valence-electron chi connectivity index (χ2n) is 3.85. The van der Waals surface area contributed by atoms with E-state index in [-0.39, 0.29) is 5.91 Å². The Morgan fingerprint density at radius 3 is 2.94 bits per heavy atom. The first-order valence-corrected chi connectivity index (χ1v) is 5.82. The van der Waals surface area contributed by atoms with Crippen LogP contribution in [0.15, 0.2) is 24.3 Å². The molecule has 1 aromatic carbocycles. The second kappa shape index (κ2) is 6.91. The lowest BCUT2D eigenvalue weighted by Crippen LogP contribution is -2.26. The summed E-state index contributed by atoms with van der Waals surface area (Å²) in [4.78, 5) is 11.7. The summed E-state index contributed by atoms with van der Waals surface area (Å²) >= 11 is 0. The molecule has 0 saturated carbocycles. The van der Waals surface area contributed by atoms with E-state index >= 15 is 0 Å². The third kappa shape index (κ3) is 4.87. The summed E-state index contributed by atoms with van der Waals surface area (Å²) in [6, 6.07) is 7.05. The summed E-state index contributed by atoms with van der Waals surface area (Å²) in [6.07, 6.45) is 0.154. The topological polar surface area (TPSA) is 58.6 Å². The minimum absolute atomic E-state index is 0.146. The molecule has 17 heavy (non-hydrogen) atoms. The minimum atomic E-state index is -0.398. The highest BCUT2D eigenvalue weighted by atomic mass is 16.5. The van der Waals surface area contributed by atoms with Crippen molar-refractivity contribution in [1.29, 1.82) is 0 Å². The van der Waals surface area contributed by atoms with Crippen LogP contribution in [0.5, 0.6) is 5.75 Å². The Kier molecular flexibility index (Phi) is 5.49. The molecule has 1 rings (SSSR count). The fourth-order valence-corrected chi connectivity index (χ4v) is 1.39. The molecule has 0 aromatic heterocycles. The Labute approximate surface area is 102 Å². The van der Waals surface area contributed by atoms with E-state index in [0.717, 1.165) is 0 Å². The van der Waals surface area contributed by atoms with Crippen LogP contribution in [0.2, 0.25) is 0 Å². The quantitative estimate of drug-likeness (QED) is 0.790. The van der Waals surface area contributed by atoms with E-state index in [1.165, 1.54) is 0 Å². The van der Waals surface area contributed by atoms with E-state index in [1.54, 1.807) is 25.1 Å². The largest absolute Gasteiger partial charge is 0.494 e. The fourth-order valence-electron chi connectivity index (χ4n) is 1.39. The van der Waals surface area contributed by atoms with Gasteiger partial charge in [0.25, 0.3) is 5.91 Å². The molecule has 0 fully saturated rings.